The number of hydrogen-bond acceptors (Lipinski definition) is 3. The molecule has 4 rings (SSSR count). The first-order valence-corrected chi connectivity index (χ1v) is 9.44. The van der Waals surface area contributed by atoms with E-state index < -0.39 is 7.81 Å². The van der Waals surface area contributed by atoms with Crippen molar-refractivity contribution in [1.29, 1.82) is 0 Å². The smallest absolute Gasteiger partial charge is 0.545 e. The van der Waals surface area contributed by atoms with Gasteiger partial charge in [-0.1, -0.05) is 26.7 Å². The molecule has 0 aromatic carbocycles. The molecule has 4 fully saturated rings. The Hall–Kier alpha value is -0.461. The molecule has 4 aliphatic carbocycles. The summed E-state index contributed by atoms with van der Waals surface area (Å²) < 4.78 is 59.2. The van der Waals surface area contributed by atoms with Crippen LogP contribution in [0.3, 0.4) is 0 Å². The summed E-state index contributed by atoms with van der Waals surface area (Å²) in [6.07, 6.45) is 7.82. The van der Waals surface area contributed by atoms with Crippen molar-refractivity contribution in [2.24, 2.45) is 29.1 Å². The standard InChI is InChI=1S/C12H20.3CHO.F6P.Fe/c1-12(2)9-6-8-4-3-5-10(8)11(12)7-9;3*1-2;1-7(2,3,4,5)6;/h8-11H,3-7H2,1-2H3;3*1H;;/q;4*-1;+4. The SMILES string of the molecule is CC1(C)C2CC3CCCC3C1C2.F[P-](F)(F)(F)(F)F.[CH-]=O.[CH-]=O.[CH-]=O.[Fe+4]. The van der Waals surface area contributed by atoms with Crippen molar-refractivity contribution in [3.63, 3.8) is 0 Å². The molecule has 3 nitrogen and oxygen atoms in total. The molecule has 0 amide bonds. The molecule has 2 bridgehead atoms. The van der Waals surface area contributed by atoms with Crippen LogP contribution in [0.5, 0.6) is 0 Å². The summed E-state index contributed by atoms with van der Waals surface area (Å²) in [4.78, 5) is 23.2. The molecule has 0 spiro atoms. The molecule has 0 N–H and O–H groups in total. The third kappa shape index (κ3) is 10.6. The maximum atomic E-state index is 9.87. The van der Waals surface area contributed by atoms with E-state index in [0.29, 0.717) is 0 Å². The molecule has 26 heavy (non-hydrogen) atoms. The van der Waals surface area contributed by atoms with Crippen molar-refractivity contribution in [3.05, 3.63) is 0 Å². The van der Waals surface area contributed by atoms with E-state index in [2.05, 4.69) is 34.2 Å². The van der Waals surface area contributed by atoms with Crippen molar-refractivity contribution in [2.75, 3.05) is 0 Å². The predicted octanol–water partition coefficient (Wildman–Crippen LogP) is 6.03. The van der Waals surface area contributed by atoms with Crippen molar-refractivity contribution in [3.8, 4) is 0 Å². The van der Waals surface area contributed by atoms with Gasteiger partial charge in [0.05, 0.1) is 0 Å². The molecule has 4 unspecified atom stereocenters. The number of hydrogen-bond donors (Lipinski definition) is 0. The average Bonchev–Trinajstić information content (AvgIpc) is 2.98. The van der Waals surface area contributed by atoms with E-state index in [9.17, 15) is 25.2 Å². The Labute approximate surface area is 160 Å². The van der Waals surface area contributed by atoms with Gasteiger partial charge in [0.2, 0.25) is 0 Å². The monoisotopic (exact) mass is 452 g/mol. The number of halogens is 6. The fraction of sp³-hybridized carbons (Fsp3) is 0.800. The van der Waals surface area contributed by atoms with Crippen LogP contribution in [0.4, 0.5) is 25.2 Å². The van der Waals surface area contributed by atoms with Gasteiger partial charge in [0.15, 0.2) is 0 Å². The summed E-state index contributed by atoms with van der Waals surface area (Å²) in [5.74, 6) is 4.51. The van der Waals surface area contributed by atoms with Crippen LogP contribution in [-0.2, 0) is 31.5 Å². The van der Waals surface area contributed by atoms with Gasteiger partial charge in [0.25, 0.3) is 0 Å². The summed E-state index contributed by atoms with van der Waals surface area (Å²) in [6.45, 7) is 14.8. The van der Waals surface area contributed by atoms with Crippen LogP contribution >= 0.6 is 7.81 Å². The number of carbonyl (C=O) groups excluding carboxylic acids is 3. The summed E-state index contributed by atoms with van der Waals surface area (Å²) in [5, 5.41) is 0. The maximum absolute atomic E-state index is 10.7. The van der Waals surface area contributed by atoms with Gasteiger partial charge in [0.1, 0.15) is 0 Å². The van der Waals surface area contributed by atoms with Crippen LogP contribution in [0.25, 0.3) is 0 Å². The minimum Gasteiger partial charge on any atom is -0.545 e. The van der Waals surface area contributed by atoms with E-state index in [1.165, 1.54) is 6.42 Å². The van der Waals surface area contributed by atoms with Gasteiger partial charge in [-0.2, -0.15) is 0 Å². The molecule has 4 saturated carbocycles. The van der Waals surface area contributed by atoms with Crippen molar-refractivity contribution >= 4 is 28.2 Å². The second-order valence-corrected chi connectivity index (χ2v) is 8.83. The van der Waals surface area contributed by atoms with E-state index in [1.54, 1.807) is 25.7 Å². The zero-order valence-corrected chi connectivity index (χ0v) is 16.4. The third-order valence-corrected chi connectivity index (χ3v) is 5.37. The van der Waals surface area contributed by atoms with Gasteiger partial charge in [-0.05, 0) is 48.3 Å². The fourth-order valence-electron chi connectivity index (χ4n) is 4.44. The average molecular weight is 452 g/mol. The van der Waals surface area contributed by atoms with Gasteiger partial charge >= 0.3 is 50.1 Å². The minimum absolute atomic E-state index is 0. The molecule has 0 radical (unpaired) electrons. The molecule has 4 aliphatic rings. The molecule has 156 valence electrons. The quantitative estimate of drug-likeness (QED) is 0.148. The van der Waals surface area contributed by atoms with E-state index in [0.717, 1.165) is 29.1 Å². The van der Waals surface area contributed by atoms with Gasteiger partial charge in [0, 0.05) is 0 Å². The summed E-state index contributed by atoms with van der Waals surface area (Å²) in [5.41, 5.74) is 0.728. The molecule has 0 aromatic rings. The van der Waals surface area contributed by atoms with E-state index in [4.69, 9.17) is 14.4 Å². The Bertz CT molecular complexity index is 415. The third-order valence-electron chi connectivity index (χ3n) is 5.37. The largest absolute Gasteiger partial charge is 4.00 e. The van der Waals surface area contributed by atoms with E-state index in [1.807, 2.05) is 0 Å². The van der Waals surface area contributed by atoms with Crippen LogP contribution in [0.2, 0.25) is 0 Å². The van der Waals surface area contributed by atoms with Gasteiger partial charge < -0.3 is 14.4 Å². The van der Waals surface area contributed by atoms with Crippen molar-refractivity contribution < 1.29 is 56.6 Å². The minimum atomic E-state index is -10.7. The van der Waals surface area contributed by atoms with E-state index in [-0.39, 0.29) is 17.1 Å². The Morgan fingerprint density at radius 2 is 1.19 bits per heavy atom. The molecular formula is C15H23F6FeO3P. The Kier molecular flexibility index (Phi) is 11.2. The summed E-state index contributed by atoms with van der Waals surface area (Å²) in [6, 6.07) is 0. The van der Waals surface area contributed by atoms with Crippen molar-refractivity contribution in [2.45, 2.75) is 46.0 Å². The van der Waals surface area contributed by atoms with Crippen LogP contribution in [-0.4, -0.2) is 20.4 Å². The second-order valence-electron chi connectivity index (χ2n) is 6.91. The Morgan fingerprint density at radius 3 is 1.54 bits per heavy atom. The number of rotatable bonds is 0. The molecule has 0 heterocycles. The van der Waals surface area contributed by atoms with Crippen LogP contribution in [0, 0.1) is 29.1 Å². The second kappa shape index (κ2) is 9.65. The first-order chi connectivity index (χ1) is 11.1. The summed E-state index contributed by atoms with van der Waals surface area (Å²) >= 11 is 0. The Morgan fingerprint density at radius 1 is 0.808 bits per heavy atom. The van der Waals surface area contributed by atoms with E-state index >= 15 is 0 Å². The molecule has 0 aromatic heterocycles. The molecule has 11 heteroatoms. The predicted molar refractivity (Wildman–Crippen MR) is 84.6 cm³/mol. The topological polar surface area (TPSA) is 51.2 Å². The summed E-state index contributed by atoms with van der Waals surface area (Å²) in [7, 11) is -10.7. The molecule has 4 atom stereocenters. The Balaban J connectivity index is -0.000000331. The van der Waals surface area contributed by atoms with Crippen LogP contribution in [0.15, 0.2) is 0 Å². The van der Waals surface area contributed by atoms with Gasteiger partial charge in [-0.15, -0.1) is 0 Å². The molecular weight excluding hydrogens is 429 g/mol. The van der Waals surface area contributed by atoms with Crippen molar-refractivity contribution in [1.82, 2.24) is 0 Å². The van der Waals surface area contributed by atoms with Gasteiger partial charge in [-0.3, -0.25) is 20.4 Å². The molecule has 0 aliphatic heterocycles. The van der Waals surface area contributed by atoms with Crippen LogP contribution < -0.4 is 0 Å². The fourth-order valence-corrected chi connectivity index (χ4v) is 4.44. The maximum Gasteiger partial charge on any atom is 4.00 e. The zero-order valence-electron chi connectivity index (χ0n) is 14.4. The normalized spacial score (nSPS) is 31.8. The van der Waals surface area contributed by atoms with Gasteiger partial charge in [-0.25, -0.2) is 0 Å². The van der Waals surface area contributed by atoms with Crippen LogP contribution in [0.1, 0.15) is 46.0 Å². The molecule has 0 saturated heterocycles. The first kappa shape index (κ1) is 30.3. The first-order valence-electron chi connectivity index (χ1n) is 7.41. The zero-order chi connectivity index (χ0) is 20.8.